The number of carbonyl (C=O) groups excluding carboxylic acids is 3. The zero-order valence-electron chi connectivity index (χ0n) is 46.8. The predicted molar refractivity (Wildman–Crippen MR) is 302 cm³/mol. The molecule has 0 aliphatic heterocycles. The molecule has 1 atom stereocenters. The first kappa shape index (κ1) is 67.4. The number of allylic oxidation sites excluding steroid dienone is 8. The maximum atomic E-state index is 12.8. The van der Waals surface area contributed by atoms with Crippen molar-refractivity contribution < 1.29 is 28.6 Å². The lowest BCUT2D eigenvalue weighted by molar-refractivity contribution is -0.167. The summed E-state index contributed by atoms with van der Waals surface area (Å²) >= 11 is 0. The van der Waals surface area contributed by atoms with Gasteiger partial charge >= 0.3 is 17.9 Å². The molecule has 408 valence electrons. The molecule has 6 heteroatoms. The molecule has 0 amide bonds. The highest BCUT2D eigenvalue weighted by Gasteiger charge is 2.19. The second kappa shape index (κ2) is 58.9. The third-order valence-corrected chi connectivity index (χ3v) is 13.5. The maximum absolute atomic E-state index is 12.8. The van der Waals surface area contributed by atoms with E-state index < -0.39 is 6.10 Å². The van der Waals surface area contributed by atoms with Crippen LogP contribution in [0.25, 0.3) is 0 Å². The monoisotopic (exact) mass is 981 g/mol. The number of hydrogen-bond donors (Lipinski definition) is 0. The number of carbonyl (C=O) groups is 3. The Kier molecular flexibility index (Phi) is 56.7. The van der Waals surface area contributed by atoms with Crippen LogP contribution in [0.5, 0.6) is 0 Å². The summed E-state index contributed by atoms with van der Waals surface area (Å²) in [5, 5.41) is 0. The topological polar surface area (TPSA) is 78.9 Å². The molecule has 0 aromatic heterocycles. The Hall–Kier alpha value is -2.63. The lowest BCUT2D eigenvalue weighted by Gasteiger charge is -2.18. The highest BCUT2D eigenvalue weighted by atomic mass is 16.6. The van der Waals surface area contributed by atoms with Crippen LogP contribution in [0.2, 0.25) is 0 Å². The second-order valence-electron chi connectivity index (χ2n) is 20.6. The van der Waals surface area contributed by atoms with Crippen molar-refractivity contribution in [1.82, 2.24) is 0 Å². The standard InChI is InChI=1S/C64H116O6/c1-4-7-10-13-16-19-21-23-24-25-26-27-28-29-30-31-32-33-34-35-36-37-38-39-40-42-43-45-48-51-54-57-63(66)69-60-61(59-68-62(65)56-53-50-47-18-15-12-9-6-3)70-64(67)58-55-52-49-46-44-41-22-20-17-14-11-8-5-2/h11,14,20-23,25-26,61H,4-10,12-13,15-19,24,27-60H2,1-3H3/b14-11-,22-20-,23-21-,26-25-. The number of ether oxygens (including phenoxy) is 3. The number of rotatable bonds is 56. The average Bonchev–Trinajstić information content (AvgIpc) is 3.36. The molecule has 0 N–H and O–H groups in total. The molecular formula is C64H116O6. The van der Waals surface area contributed by atoms with Crippen LogP contribution in [0.3, 0.4) is 0 Å². The molecule has 0 aliphatic carbocycles. The first-order chi connectivity index (χ1) is 34.5. The van der Waals surface area contributed by atoms with E-state index in [0.717, 1.165) is 96.3 Å². The molecule has 0 saturated carbocycles. The smallest absolute Gasteiger partial charge is 0.306 e. The molecule has 0 aromatic rings. The van der Waals surface area contributed by atoms with Crippen molar-refractivity contribution in [2.75, 3.05) is 13.2 Å². The summed E-state index contributed by atoms with van der Waals surface area (Å²) in [6.07, 6.45) is 72.9. The van der Waals surface area contributed by atoms with Gasteiger partial charge in [-0.1, -0.05) is 275 Å². The average molecular weight is 982 g/mol. The van der Waals surface area contributed by atoms with Gasteiger partial charge in [0, 0.05) is 19.3 Å². The van der Waals surface area contributed by atoms with Gasteiger partial charge in [0.25, 0.3) is 0 Å². The summed E-state index contributed by atoms with van der Waals surface area (Å²) < 4.78 is 16.8. The van der Waals surface area contributed by atoms with Gasteiger partial charge in [-0.3, -0.25) is 14.4 Å². The fourth-order valence-electron chi connectivity index (χ4n) is 8.92. The van der Waals surface area contributed by atoms with E-state index in [1.165, 1.54) is 186 Å². The SMILES string of the molecule is CCC/C=C\C/C=C\CCCCCCCC(=O)OC(COC(=O)CCCCCCCCCC)COC(=O)CCCCCCCCCCCCCCCCCCCCC/C=C\C/C=C\CCCCCCC. The second-order valence-corrected chi connectivity index (χ2v) is 20.6. The number of esters is 3. The Morgan fingerprint density at radius 1 is 0.286 bits per heavy atom. The first-order valence-electron chi connectivity index (χ1n) is 30.6. The molecule has 0 fully saturated rings. The van der Waals surface area contributed by atoms with E-state index in [1.807, 2.05) is 0 Å². The van der Waals surface area contributed by atoms with Crippen LogP contribution in [0.4, 0.5) is 0 Å². The Morgan fingerprint density at radius 2 is 0.543 bits per heavy atom. The van der Waals surface area contributed by atoms with Gasteiger partial charge in [0.05, 0.1) is 0 Å². The lowest BCUT2D eigenvalue weighted by atomic mass is 10.0. The minimum Gasteiger partial charge on any atom is -0.462 e. The van der Waals surface area contributed by atoms with Crippen LogP contribution in [0, 0.1) is 0 Å². The molecule has 6 nitrogen and oxygen atoms in total. The van der Waals surface area contributed by atoms with E-state index in [0.29, 0.717) is 19.3 Å². The van der Waals surface area contributed by atoms with Crippen molar-refractivity contribution in [3.05, 3.63) is 48.6 Å². The fourth-order valence-corrected chi connectivity index (χ4v) is 8.92. The largest absolute Gasteiger partial charge is 0.462 e. The molecule has 0 bridgehead atoms. The van der Waals surface area contributed by atoms with Crippen molar-refractivity contribution in [2.24, 2.45) is 0 Å². The van der Waals surface area contributed by atoms with Crippen LogP contribution in [-0.2, 0) is 28.6 Å². The Morgan fingerprint density at radius 3 is 0.843 bits per heavy atom. The van der Waals surface area contributed by atoms with Gasteiger partial charge < -0.3 is 14.2 Å². The van der Waals surface area contributed by atoms with Crippen LogP contribution < -0.4 is 0 Å². The van der Waals surface area contributed by atoms with E-state index in [-0.39, 0.29) is 31.1 Å². The Balaban J connectivity index is 4.01. The molecule has 0 heterocycles. The zero-order chi connectivity index (χ0) is 50.7. The van der Waals surface area contributed by atoms with Crippen molar-refractivity contribution in [3.63, 3.8) is 0 Å². The molecule has 0 aliphatic rings. The third-order valence-electron chi connectivity index (χ3n) is 13.5. The summed E-state index contributed by atoms with van der Waals surface area (Å²) in [5.41, 5.74) is 0. The minimum atomic E-state index is -0.775. The van der Waals surface area contributed by atoms with Crippen LogP contribution in [0.15, 0.2) is 48.6 Å². The highest BCUT2D eigenvalue weighted by Crippen LogP contribution is 2.17. The van der Waals surface area contributed by atoms with Gasteiger partial charge in [-0.15, -0.1) is 0 Å². The van der Waals surface area contributed by atoms with E-state index in [4.69, 9.17) is 14.2 Å². The van der Waals surface area contributed by atoms with Gasteiger partial charge in [0.1, 0.15) is 13.2 Å². The molecule has 0 rings (SSSR count). The van der Waals surface area contributed by atoms with Crippen LogP contribution >= 0.6 is 0 Å². The fraction of sp³-hybridized carbons (Fsp3) is 0.828. The summed E-state index contributed by atoms with van der Waals surface area (Å²) in [7, 11) is 0. The molecular weight excluding hydrogens is 865 g/mol. The van der Waals surface area contributed by atoms with Crippen molar-refractivity contribution in [2.45, 2.75) is 329 Å². The van der Waals surface area contributed by atoms with Crippen LogP contribution in [-0.4, -0.2) is 37.2 Å². The summed E-state index contributed by atoms with van der Waals surface area (Å²) in [4.78, 5) is 38.0. The van der Waals surface area contributed by atoms with Gasteiger partial charge in [-0.05, 0) is 77.0 Å². The molecule has 0 spiro atoms. The molecule has 0 aromatic carbocycles. The van der Waals surface area contributed by atoms with Gasteiger partial charge in [-0.25, -0.2) is 0 Å². The minimum absolute atomic E-state index is 0.0751. The Bertz CT molecular complexity index is 1220. The quantitative estimate of drug-likeness (QED) is 0.0261. The molecule has 0 radical (unpaired) electrons. The van der Waals surface area contributed by atoms with Crippen molar-refractivity contribution in [3.8, 4) is 0 Å². The van der Waals surface area contributed by atoms with Gasteiger partial charge in [0.15, 0.2) is 6.10 Å². The maximum Gasteiger partial charge on any atom is 0.306 e. The number of hydrogen-bond acceptors (Lipinski definition) is 6. The molecule has 70 heavy (non-hydrogen) atoms. The normalized spacial score (nSPS) is 12.3. The lowest BCUT2D eigenvalue weighted by Crippen LogP contribution is -2.30. The molecule has 1 unspecified atom stereocenters. The summed E-state index contributed by atoms with van der Waals surface area (Å²) in [5.74, 6) is -0.880. The first-order valence-corrected chi connectivity index (χ1v) is 30.6. The van der Waals surface area contributed by atoms with Gasteiger partial charge in [0.2, 0.25) is 0 Å². The van der Waals surface area contributed by atoms with Crippen LogP contribution in [0.1, 0.15) is 323 Å². The third kappa shape index (κ3) is 56.3. The summed E-state index contributed by atoms with van der Waals surface area (Å²) in [6, 6.07) is 0. The predicted octanol–water partition coefficient (Wildman–Crippen LogP) is 20.6. The molecule has 0 saturated heterocycles. The number of unbranched alkanes of at least 4 members (excludes halogenated alkanes) is 37. The highest BCUT2D eigenvalue weighted by molar-refractivity contribution is 5.71. The Labute approximate surface area is 435 Å². The van der Waals surface area contributed by atoms with E-state index in [2.05, 4.69) is 69.4 Å². The zero-order valence-corrected chi connectivity index (χ0v) is 46.8. The van der Waals surface area contributed by atoms with Crippen molar-refractivity contribution in [1.29, 1.82) is 0 Å². The van der Waals surface area contributed by atoms with E-state index in [9.17, 15) is 14.4 Å². The van der Waals surface area contributed by atoms with E-state index in [1.54, 1.807) is 0 Å². The van der Waals surface area contributed by atoms with Crippen molar-refractivity contribution >= 4 is 17.9 Å². The van der Waals surface area contributed by atoms with Gasteiger partial charge in [-0.2, -0.15) is 0 Å². The summed E-state index contributed by atoms with van der Waals surface area (Å²) in [6.45, 7) is 6.55. The van der Waals surface area contributed by atoms with E-state index >= 15 is 0 Å².